The van der Waals surface area contributed by atoms with Crippen molar-refractivity contribution in [1.29, 1.82) is 0 Å². The lowest BCUT2D eigenvalue weighted by Crippen LogP contribution is -2.32. The second-order valence-electron chi connectivity index (χ2n) is 4.57. The van der Waals surface area contributed by atoms with Crippen LogP contribution in [0.15, 0.2) is 11.1 Å². The molecule has 1 rings (SSSR count). The molecular weight excluding hydrogens is 148 g/mol. The molecule has 12 heavy (non-hydrogen) atoms. The van der Waals surface area contributed by atoms with E-state index in [4.69, 9.17) is 0 Å². The topological polar surface area (TPSA) is 20.2 Å². The summed E-state index contributed by atoms with van der Waals surface area (Å²) in [5.41, 5.74) is 3.13. The molecule has 0 fully saturated rings. The van der Waals surface area contributed by atoms with Gasteiger partial charge in [0.15, 0.2) is 0 Å². The van der Waals surface area contributed by atoms with Crippen molar-refractivity contribution < 1.29 is 5.11 Å². The van der Waals surface area contributed by atoms with Crippen LogP contribution < -0.4 is 0 Å². The molecule has 1 nitrogen and oxygen atoms in total. The fourth-order valence-electron chi connectivity index (χ4n) is 1.89. The molecule has 2 atom stereocenters. The summed E-state index contributed by atoms with van der Waals surface area (Å²) in [7, 11) is 0. The van der Waals surface area contributed by atoms with E-state index < -0.39 is 0 Å². The first-order valence-corrected chi connectivity index (χ1v) is 4.79. The summed E-state index contributed by atoms with van der Waals surface area (Å²) in [5.74, 6) is 0. The van der Waals surface area contributed by atoms with Crippen molar-refractivity contribution in [2.45, 2.75) is 53.1 Å². The Balaban J connectivity index is 2.77. The van der Waals surface area contributed by atoms with Gasteiger partial charge in [-0.2, -0.15) is 0 Å². The zero-order chi connectivity index (χ0) is 9.35. The Morgan fingerprint density at radius 3 is 2.33 bits per heavy atom. The first kappa shape index (κ1) is 9.79. The van der Waals surface area contributed by atoms with Crippen LogP contribution in [0.5, 0.6) is 0 Å². The van der Waals surface area contributed by atoms with Crippen LogP contribution in [0.2, 0.25) is 0 Å². The monoisotopic (exact) mass is 168 g/mol. The van der Waals surface area contributed by atoms with Gasteiger partial charge in [0.2, 0.25) is 0 Å². The molecule has 0 unspecified atom stereocenters. The number of rotatable bonds is 1. The van der Waals surface area contributed by atoms with E-state index in [0.29, 0.717) is 0 Å². The summed E-state index contributed by atoms with van der Waals surface area (Å²) in [6, 6.07) is 0. The highest BCUT2D eigenvalue weighted by molar-refractivity contribution is 5.16. The molecule has 1 aliphatic carbocycles. The SMILES string of the molecule is CC1=C(C)C[C@@](C)([C@H](C)O)CC1. The largest absolute Gasteiger partial charge is 0.393 e. The van der Waals surface area contributed by atoms with Gasteiger partial charge in [-0.3, -0.25) is 0 Å². The summed E-state index contributed by atoms with van der Waals surface area (Å²) in [4.78, 5) is 0. The molecule has 1 heteroatoms. The summed E-state index contributed by atoms with van der Waals surface area (Å²) in [6.45, 7) is 8.49. The van der Waals surface area contributed by atoms with Gasteiger partial charge in [-0.25, -0.2) is 0 Å². The minimum atomic E-state index is -0.180. The predicted octanol–water partition coefficient (Wildman–Crippen LogP) is 2.89. The van der Waals surface area contributed by atoms with Crippen molar-refractivity contribution >= 4 is 0 Å². The summed E-state index contributed by atoms with van der Waals surface area (Å²) >= 11 is 0. The molecule has 0 spiro atoms. The van der Waals surface area contributed by atoms with Gasteiger partial charge < -0.3 is 5.11 Å². The van der Waals surface area contributed by atoms with Gasteiger partial charge in [0.05, 0.1) is 6.10 Å². The van der Waals surface area contributed by atoms with Crippen molar-refractivity contribution in [2.75, 3.05) is 0 Å². The molecule has 1 N–H and O–H groups in total. The minimum absolute atomic E-state index is 0.129. The normalized spacial score (nSPS) is 33.8. The second kappa shape index (κ2) is 3.21. The molecule has 0 saturated carbocycles. The van der Waals surface area contributed by atoms with E-state index in [0.717, 1.165) is 19.3 Å². The van der Waals surface area contributed by atoms with E-state index in [1.807, 2.05) is 6.92 Å². The summed E-state index contributed by atoms with van der Waals surface area (Å²) in [5, 5.41) is 9.62. The highest BCUT2D eigenvalue weighted by atomic mass is 16.3. The Morgan fingerprint density at radius 1 is 1.33 bits per heavy atom. The van der Waals surface area contributed by atoms with E-state index in [1.165, 1.54) is 11.1 Å². The standard InChI is InChI=1S/C11H20O/c1-8-5-6-11(4,10(3)12)7-9(8)2/h10,12H,5-7H2,1-4H3/t10-,11-/m0/s1. The van der Waals surface area contributed by atoms with Gasteiger partial charge in [-0.1, -0.05) is 18.1 Å². The van der Waals surface area contributed by atoms with Crippen molar-refractivity contribution in [3.05, 3.63) is 11.1 Å². The molecule has 0 aliphatic heterocycles. The lowest BCUT2D eigenvalue weighted by Gasteiger charge is -2.37. The smallest absolute Gasteiger partial charge is 0.0568 e. The van der Waals surface area contributed by atoms with Crippen LogP contribution in [-0.4, -0.2) is 11.2 Å². The Kier molecular flexibility index (Phi) is 2.62. The number of aliphatic hydroxyl groups is 1. The lowest BCUT2D eigenvalue weighted by atomic mass is 9.70. The quantitative estimate of drug-likeness (QED) is 0.597. The summed E-state index contributed by atoms with van der Waals surface area (Å²) < 4.78 is 0. The van der Waals surface area contributed by atoms with Crippen LogP contribution in [0.4, 0.5) is 0 Å². The van der Waals surface area contributed by atoms with Crippen molar-refractivity contribution in [3.63, 3.8) is 0 Å². The molecule has 0 saturated heterocycles. The van der Waals surface area contributed by atoms with E-state index in [-0.39, 0.29) is 11.5 Å². The molecule has 0 aromatic carbocycles. The van der Waals surface area contributed by atoms with Gasteiger partial charge in [-0.05, 0) is 45.4 Å². The fraction of sp³-hybridized carbons (Fsp3) is 0.818. The Hall–Kier alpha value is -0.300. The summed E-state index contributed by atoms with van der Waals surface area (Å²) in [6.07, 6.45) is 3.18. The zero-order valence-corrected chi connectivity index (χ0v) is 8.65. The van der Waals surface area contributed by atoms with Crippen LogP contribution in [0, 0.1) is 5.41 Å². The highest BCUT2D eigenvalue weighted by Crippen LogP contribution is 2.41. The van der Waals surface area contributed by atoms with E-state index >= 15 is 0 Å². The Labute approximate surface area is 75.5 Å². The maximum atomic E-state index is 9.62. The van der Waals surface area contributed by atoms with Crippen LogP contribution in [0.3, 0.4) is 0 Å². The first-order chi connectivity index (χ1) is 5.46. The number of allylic oxidation sites excluding steroid dienone is 2. The average Bonchev–Trinajstić information content (AvgIpc) is 1.97. The van der Waals surface area contributed by atoms with Crippen molar-refractivity contribution in [3.8, 4) is 0 Å². The molecule has 0 aromatic heterocycles. The van der Waals surface area contributed by atoms with Gasteiger partial charge >= 0.3 is 0 Å². The van der Waals surface area contributed by atoms with Crippen LogP contribution in [-0.2, 0) is 0 Å². The number of hydrogen-bond acceptors (Lipinski definition) is 1. The third-order valence-corrected chi connectivity index (χ3v) is 3.48. The van der Waals surface area contributed by atoms with E-state index in [1.54, 1.807) is 0 Å². The molecule has 0 aromatic rings. The number of aliphatic hydroxyl groups excluding tert-OH is 1. The molecule has 0 heterocycles. The minimum Gasteiger partial charge on any atom is -0.393 e. The second-order valence-corrected chi connectivity index (χ2v) is 4.57. The highest BCUT2D eigenvalue weighted by Gasteiger charge is 2.32. The Bertz CT molecular complexity index is 203. The molecule has 0 radical (unpaired) electrons. The third kappa shape index (κ3) is 1.71. The molecule has 70 valence electrons. The Morgan fingerprint density at radius 2 is 1.92 bits per heavy atom. The van der Waals surface area contributed by atoms with Crippen LogP contribution in [0.25, 0.3) is 0 Å². The van der Waals surface area contributed by atoms with E-state index in [9.17, 15) is 5.11 Å². The molecule has 1 aliphatic rings. The fourth-order valence-corrected chi connectivity index (χ4v) is 1.89. The molecule has 0 bridgehead atoms. The van der Waals surface area contributed by atoms with Gasteiger partial charge in [0.25, 0.3) is 0 Å². The van der Waals surface area contributed by atoms with Crippen molar-refractivity contribution in [2.24, 2.45) is 5.41 Å². The average molecular weight is 168 g/mol. The zero-order valence-electron chi connectivity index (χ0n) is 8.65. The van der Waals surface area contributed by atoms with Gasteiger partial charge in [-0.15, -0.1) is 0 Å². The lowest BCUT2D eigenvalue weighted by molar-refractivity contribution is 0.0417. The number of hydrogen-bond donors (Lipinski definition) is 1. The van der Waals surface area contributed by atoms with Crippen LogP contribution >= 0.6 is 0 Å². The predicted molar refractivity (Wildman–Crippen MR) is 52.0 cm³/mol. The first-order valence-electron chi connectivity index (χ1n) is 4.79. The van der Waals surface area contributed by atoms with Crippen LogP contribution in [0.1, 0.15) is 47.0 Å². The molecular formula is C11H20O. The van der Waals surface area contributed by atoms with Gasteiger partial charge in [0.1, 0.15) is 0 Å². The van der Waals surface area contributed by atoms with Crippen molar-refractivity contribution in [1.82, 2.24) is 0 Å². The maximum absolute atomic E-state index is 9.62. The maximum Gasteiger partial charge on any atom is 0.0568 e. The third-order valence-electron chi connectivity index (χ3n) is 3.48. The van der Waals surface area contributed by atoms with E-state index in [2.05, 4.69) is 20.8 Å². The van der Waals surface area contributed by atoms with Gasteiger partial charge in [0, 0.05) is 0 Å². The molecule has 0 amide bonds.